The lowest BCUT2D eigenvalue weighted by Gasteiger charge is -2.33. The fraction of sp³-hybridized carbons (Fsp3) is 0.188. The van der Waals surface area contributed by atoms with E-state index in [1.54, 1.807) is 0 Å². The Kier molecular flexibility index (Phi) is 5.15. The number of pyridine rings is 1. The second-order valence-corrected chi connectivity index (χ2v) is 8.42. The highest BCUT2D eigenvalue weighted by atomic mass is 35.5. The number of rotatable bonds is 5. The molecule has 0 amide bonds. The van der Waals surface area contributed by atoms with Gasteiger partial charge in [-0.3, -0.25) is 4.40 Å². The minimum Gasteiger partial charge on any atom is -0.289 e. The van der Waals surface area contributed by atoms with E-state index < -0.39 is 32.7 Å². The molecule has 0 radical (unpaired) electrons. The molecule has 0 aliphatic rings. The number of benzene rings is 1. The summed E-state index contributed by atoms with van der Waals surface area (Å²) in [5, 5.41) is 0.309. The number of imidazole rings is 1. The molecule has 2 heterocycles. The normalized spacial score (nSPS) is 14.8. The molecular weight excluding hydrogens is 426 g/mol. The number of fused-ring (bicyclic) bond motifs is 1. The third-order valence-corrected chi connectivity index (χ3v) is 6.44. The molecule has 0 fully saturated rings. The van der Waals surface area contributed by atoms with Crippen LogP contribution in [0.1, 0.15) is 5.56 Å². The van der Waals surface area contributed by atoms with Crippen LogP contribution in [0, 0.1) is 0 Å². The first-order chi connectivity index (χ1) is 12.6. The number of alkyl halides is 3. The van der Waals surface area contributed by atoms with E-state index >= 15 is 4.39 Å². The highest BCUT2D eigenvalue weighted by Gasteiger charge is 2.51. The quantitative estimate of drug-likeness (QED) is 0.557. The van der Waals surface area contributed by atoms with Crippen molar-refractivity contribution in [2.75, 3.05) is 7.05 Å². The summed E-state index contributed by atoms with van der Waals surface area (Å²) in [6.07, 6.45) is -1.27. The number of hydrogen-bond donors (Lipinski definition) is 0. The van der Waals surface area contributed by atoms with Crippen molar-refractivity contribution in [3.8, 4) is 0 Å². The minimum atomic E-state index is -4.65. The van der Waals surface area contributed by atoms with Crippen LogP contribution in [0.15, 0.2) is 53.7 Å². The molecule has 5 nitrogen and oxygen atoms in total. The zero-order valence-electron chi connectivity index (χ0n) is 13.7. The molecule has 0 N–H and O–H groups in total. The van der Waals surface area contributed by atoms with Crippen molar-refractivity contribution in [1.82, 2.24) is 13.7 Å². The Balaban J connectivity index is 2.12. The lowest BCUT2D eigenvalue weighted by atomic mass is 10.1. The Morgan fingerprint density at radius 3 is 2.37 bits per heavy atom. The van der Waals surface area contributed by atoms with Crippen LogP contribution in [0.25, 0.3) is 5.65 Å². The zero-order chi connectivity index (χ0) is 20.0. The standard InChI is InChI=1S/C16H12Cl2F3N3O2S/c1-23(16(21,15(19)20)10-2-4-11(17)5-3-10)27(25,26)12-6-7-14-22-8-13(18)24(14)9-12/h2-9,15H,1H3. The number of hydrogen-bond acceptors (Lipinski definition) is 3. The summed E-state index contributed by atoms with van der Waals surface area (Å²) in [5.74, 6) is -3.60. The van der Waals surface area contributed by atoms with E-state index in [4.69, 9.17) is 23.2 Å². The third kappa shape index (κ3) is 3.29. The SMILES string of the molecule is CN(C(F)(c1ccc(Cl)cc1)C(F)F)S(=O)(=O)c1ccc2ncc(Cl)n2c1. The molecule has 27 heavy (non-hydrogen) atoms. The average molecular weight is 438 g/mol. The van der Waals surface area contributed by atoms with Gasteiger partial charge in [-0.15, -0.1) is 0 Å². The second kappa shape index (κ2) is 6.97. The average Bonchev–Trinajstić information content (AvgIpc) is 3.01. The monoisotopic (exact) mass is 437 g/mol. The second-order valence-electron chi connectivity index (χ2n) is 5.63. The predicted octanol–water partition coefficient (Wildman–Crippen LogP) is 4.35. The summed E-state index contributed by atoms with van der Waals surface area (Å²) < 4.78 is 69.7. The first-order valence-corrected chi connectivity index (χ1v) is 9.63. The van der Waals surface area contributed by atoms with Gasteiger partial charge < -0.3 is 0 Å². The molecule has 0 aliphatic carbocycles. The van der Waals surface area contributed by atoms with Crippen LogP contribution in [0.2, 0.25) is 10.2 Å². The first kappa shape index (κ1) is 19.9. The highest BCUT2D eigenvalue weighted by molar-refractivity contribution is 7.89. The lowest BCUT2D eigenvalue weighted by Crippen LogP contribution is -2.48. The Morgan fingerprint density at radius 1 is 1.15 bits per heavy atom. The molecule has 144 valence electrons. The molecule has 0 saturated heterocycles. The van der Waals surface area contributed by atoms with E-state index in [0.29, 0.717) is 5.65 Å². The summed E-state index contributed by atoms with van der Waals surface area (Å²) in [6, 6.07) is 6.89. The molecule has 3 rings (SSSR count). The molecule has 0 aliphatic heterocycles. The largest absolute Gasteiger partial charge is 0.290 e. The van der Waals surface area contributed by atoms with Crippen LogP contribution in [0.4, 0.5) is 13.2 Å². The summed E-state index contributed by atoms with van der Waals surface area (Å²) in [5.41, 5.74) is -0.200. The van der Waals surface area contributed by atoms with E-state index in [-0.39, 0.29) is 14.5 Å². The molecule has 2 aromatic heterocycles. The minimum absolute atomic E-state index is 0.0000945. The summed E-state index contributed by atoms with van der Waals surface area (Å²) >= 11 is 11.6. The molecule has 0 spiro atoms. The van der Waals surface area contributed by atoms with Gasteiger partial charge in [0.15, 0.2) is 0 Å². The molecule has 0 bridgehead atoms. The number of nitrogens with zero attached hydrogens (tertiary/aromatic N) is 3. The van der Waals surface area contributed by atoms with Gasteiger partial charge in [0.25, 0.3) is 12.2 Å². The molecular formula is C16H12Cl2F3N3O2S. The van der Waals surface area contributed by atoms with Gasteiger partial charge in [0.2, 0.25) is 10.0 Å². The van der Waals surface area contributed by atoms with Crippen molar-refractivity contribution in [3.63, 3.8) is 0 Å². The van der Waals surface area contributed by atoms with Crippen LogP contribution in [0.5, 0.6) is 0 Å². The maximum atomic E-state index is 15.4. The van der Waals surface area contributed by atoms with E-state index in [2.05, 4.69) is 4.98 Å². The Labute approximate surface area is 163 Å². The maximum absolute atomic E-state index is 15.4. The molecule has 1 aromatic carbocycles. The topological polar surface area (TPSA) is 54.7 Å². The summed E-state index contributed by atoms with van der Waals surface area (Å²) in [7, 11) is -3.90. The van der Waals surface area contributed by atoms with Gasteiger partial charge in [-0.25, -0.2) is 26.6 Å². The zero-order valence-corrected chi connectivity index (χ0v) is 16.0. The van der Waals surface area contributed by atoms with Crippen molar-refractivity contribution in [3.05, 3.63) is 64.5 Å². The Hall–Kier alpha value is -1.81. The Morgan fingerprint density at radius 2 is 1.78 bits per heavy atom. The fourth-order valence-electron chi connectivity index (χ4n) is 2.55. The lowest BCUT2D eigenvalue weighted by molar-refractivity contribution is -0.104. The molecule has 1 atom stereocenters. The number of sulfonamides is 1. The molecule has 11 heteroatoms. The van der Waals surface area contributed by atoms with Gasteiger partial charge in [-0.2, -0.15) is 4.31 Å². The molecule has 3 aromatic rings. The predicted molar refractivity (Wildman–Crippen MR) is 95.4 cm³/mol. The van der Waals surface area contributed by atoms with Crippen LogP contribution in [0.3, 0.4) is 0 Å². The van der Waals surface area contributed by atoms with Gasteiger partial charge in [0, 0.05) is 23.8 Å². The Bertz CT molecular complexity index is 1090. The van der Waals surface area contributed by atoms with E-state index in [9.17, 15) is 17.2 Å². The van der Waals surface area contributed by atoms with Gasteiger partial charge in [-0.05, 0) is 24.3 Å². The van der Waals surface area contributed by atoms with Crippen molar-refractivity contribution < 1.29 is 21.6 Å². The summed E-state index contributed by atoms with van der Waals surface area (Å²) in [6.45, 7) is 0. The van der Waals surface area contributed by atoms with Crippen molar-refractivity contribution in [1.29, 1.82) is 0 Å². The van der Waals surface area contributed by atoms with E-state index in [0.717, 1.165) is 31.4 Å². The first-order valence-electron chi connectivity index (χ1n) is 7.43. The van der Waals surface area contributed by atoms with E-state index in [1.807, 2.05) is 0 Å². The van der Waals surface area contributed by atoms with Crippen LogP contribution in [-0.2, 0) is 15.8 Å². The van der Waals surface area contributed by atoms with Crippen LogP contribution >= 0.6 is 23.2 Å². The third-order valence-electron chi connectivity index (χ3n) is 4.09. The van der Waals surface area contributed by atoms with Gasteiger partial charge in [0.1, 0.15) is 10.8 Å². The molecule has 0 saturated carbocycles. The maximum Gasteiger partial charge on any atom is 0.290 e. The fourth-order valence-corrected chi connectivity index (χ4v) is 4.19. The van der Waals surface area contributed by atoms with Crippen LogP contribution < -0.4 is 0 Å². The van der Waals surface area contributed by atoms with Crippen molar-refractivity contribution >= 4 is 38.9 Å². The van der Waals surface area contributed by atoms with Gasteiger partial charge in [0.05, 0.1) is 11.1 Å². The number of halogens is 5. The van der Waals surface area contributed by atoms with Crippen molar-refractivity contribution in [2.45, 2.75) is 17.1 Å². The van der Waals surface area contributed by atoms with Gasteiger partial charge >= 0.3 is 0 Å². The number of aromatic nitrogens is 2. The van der Waals surface area contributed by atoms with Crippen molar-refractivity contribution in [2.24, 2.45) is 0 Å². The van der Waals surface area contributed by atoms with Crippen LogP contribution in [-0.4, -0.2) is 35.6 Å². The highest BCUT2D eigenvalue weighted by Crippen LogP contribution is 2.39. The molecule has 1 unspecified atom stereocenters. The van der Waals surface area contributed by atoms with Gasteiger partial charge in [-0.1, -0.05) is 35.3 Å². The summed E-state index contributed by atoms with van der Waals surface area (Å²) in [4.78, 5) is 3.51. The van der Waals surface area contributed by atoms with E-state index in [1.165, 1.54) is 28.8 Å². The smallest absolute Gasteiger partial charge is 0.289 e.